The molecule has 2 heterocycles. The second-order valence-electron chi connectivity index (χ2n) is 10.2. The van der Waals surface area contributed by atoms with Gasteiger partial charge in [-0.05, 0) is 51.7 Å². The second-order valence-corrected chi connectivity index (χ2v) is 10.2. The summed E-state index contributed by atoms with van der Waals surface area (Å²) in [5, 5.41) is 12.5. The van der Waals surface area contributed by atoms with Gasteiger partial charge in [0.25, 0.3) is 5.91 Å². The number of carboxylic acid groups (broad SMARTS) is 1. The van der Waals surface area contributed by atoms with E-state index >= 15 is 0 Å². The molecule has 1 aromatic carbocycles. The van der Waals surface area contributed by atoms with E-state index in [0.717, 1.165) is 6.42 Å². The molecule has 2 aromatic rings. The molecule has 1 unspecified atom stereocenters. The number of para-hydroxylation sites is 1. The summed E-state index contributed by atoms with van der Waals surface area (Å²) in [7, 11) is 0. The maximum atomic E-state index is 13.5. The van der Waals surface area contributed by atoms with Crippen LogP contribution in [0, 0.1) is 0 Å². The van der Waals surface area contributed by atoms with Gasteiger partial charge in [0.15, 0.2) is 0 Å². The summed E-state index contributed by atoms with van der Waals surface area (Å²) in [4.78, 5) is 70.4. The van der Waals surface area contributed by atoms with Crippen molar-refractivity contribution >= 4 is 40.7 Å². The van der Waals surface area contributed by atoms with Crippen molar-refractivity contribution < 1.29 is 43.3 Å². The Bertz CT molecular complexity index is 1340. The standard InChI is InChI=1S/C29H36N4O9/c1-3-40-27(38)29(12-7-13-29)42-23-18-22(30-20-9-6-5-8-19(20)23)25(36)31-21(10-11-24(34)35)26(37)32-14-16-33(17-15-32)28(39)41-4-2/h5-6,8-9,18,21H,3-4,7,10-17H2,1-2H3,(H,31,36)(H,34,35). The van der Waals surface area contributed by atoms with Crippen molar-refractivity contribution in [3.63, 3.8) is 0 Å². The normalized spacial score (nSPS) is 16.6. The number of hydrogen-bond acceptors (Lipinski definition) is 9. The van der Waals surface area contributed by atoms with Gasteiger partial charge in [-0.15, -0.1) is 0 Å². The van der Waals surface area contributed by atoms with Crippen LogP contribution in [0.1, 0.15) is 56.4 Å². The van der Waals surface area contributed by atoms with Gasteiger partial charge in [-0.25, -0.2) is 14.6 Å². The fourth-order valence-electron chi connectivity index (χ4n) is 4.97. The minimum atomic E-state index is -1.15. The van der Waals surface area contributed by atoms with Crippen LogP contribution in [-0.2, 0) is 23.9 Å². The number of piperazine rings is 1. The van der Waals surface area contributed by atoms with Crippen molar-refractivity contribution in [2.75, 3.05) is 39.4 Å². The lowest BCUT2D eigenvalue weighted by Crippen LogP contribution is -2.56. The molecule has 226 valence electrons. The van der Waals surface area contributed by atoms with Crippen LogP contribution in [0.2, 0.25) is 0 Å². The smallest absolute Gasteiger partial charge is 0.409 e. The largest absolute Gasteiger partial charge is 0.481 e. The zero-order chi connectivity index (χ0) is 30.3. The Balaban J connectivity index is 1.55. The molecule has 2 N–H and O–H groups in total. The van der Waals surface area contributed by atoms with Gasteiger partial charge < -0.3 is 34.4 Å². The third-order valence-electron chi connectivity index (χ3n) is 7.39. The highest BCUT2D eigenvalue weighted by molar-refractivity contribution is 5.99. The van der Waals surface area contributed by atoms with E-state index in [9.17, 15) is 29.1 Å². The first-order valence-corrected chi connectivity index (χ1v) is 14.2. The van der Waals surface area contributed by atoms with Crippen LogP contribution in [0.4, 0.5) is 4.79 Å². The van der Waals surface area contributed by atoms with Gasteiger partial charge in [0.2, 0.25) is 11.5 Å². The Morgan fingerprint density at radius 1 is 1.00 bits per heavy atom. The Labute approximate surface area is 243 Å². The predicted molar refractivity (Wildman–Crippen MR) is 149 cm³/mol. The number of nitrogens with one attached hydrogen (secondary N) is 1. The van der Waals surface area contributed by atoms with E-state index in [1.807, 2.05) is 0 Å². The molecule has 1 saturated heterocycles. The molecule has 0 spiro atoms. The first-order chi connectivity index (χ1) is 20.2. The summed E-state index contributed by atoms with van der Waals surface area (Å²) in [6.07, 6.45) is 0.782. The van der Waals surface area contributed by atoms with Crippen molar-refractivity contribution in [1.82, 2.24) is 20.1 Å². The van der Waals surface area contributed by atoms with E-state index in [1.165, 1.54) is 15.9 Å². The molecule has 4 rings (SSSR count). The van der Waals surface area contributed by atoms with Crippen molar-refractivity contribution in [3.05, 3.63) is 36.0 Å². The molecule has 13 heteroatoms. The number of aliphatic carboxylic acids is 1. The number of amides is 3. The van der Waals surface area contributed by atoms with Crippen LogP contribution in [0.3, 0.4) is 0 Å². The summed E-state index contributed by atoms with van der Waals surface area (Å²) >= 11 is 0. The van der Waals surface area contributed by atoms with E-state index < -0.39 is 41.5 Å². The molecule has 42 heavy (non-hydrogen) atoms. The van der Waals surface area contributed by atoms with Crippen LogP contribution < -0.4 is 10.1 Å². The molecule has 2 fully saturated rings. The number of pyridine rings is 1. The first kappa shape index (κ1) is 30.5. The third kappa shape index (κ3) is 6.89. The molecule has 3 amide bonds. The number of benzene rings is 1. The zero-order valence-electron chi connectivity index (χ0n) is 23.8. The number of rotatable bonds is 11. The lowest BCUT2D eigenvalue weighted by atomic mass is 9.80. The number of aromatic nitrogens is 1. The average Bonchev–Trinajstić information content (AvgIpc) is 2.96. The average molecular weight is 585 g/mol. The molecule has 1 saturated carbocycles. The van der Waals surface area contributed by atoms with Crippen molar-refractivity contribution in [2.24, 2.45) is 0 Å². The number of nitrogens with zero attached hydrogens (tertiary/aromatic N) is 3. The van der Waals surface area contributed by atoms with Crippen LogP contribution in [0.5, 0.6) is 5.75 Å². The Kier molecular flexibility index (Phi) is 9.81. The summed E-state index contributed by atoms with van der Waals surface area (Å²) < 4.78 is 16.5. The summed E-state index contributed by atoms with van der Waals surface area (Å²) in [5.41, 5.74) is -0.760. The molecule has 2 aliphatic rings. The Hall–Kier alpha value is -4.42. The maximum Gasteiger partial charge on any atom is 0.409 e. The lowest BCUT2D eigenvalue weighted by Gasteiger charge is -2.39. The Morgan fingerprint density at radius 2 is 1.67 bits per heavy atom. The van der Waals surface area contributed by atoms with E-state index in [0.29, 0.717) is 23.7 Å². The number of esters is 1. The zero-order valence-corrected chi connectivity index (χ0v) is 23.8. The van der Waals surface area contributed by atoms with Gasteiger partial charge in [-0.3, -0.25) is 14.4 Å². The van der Waals surface area contributed by atoms with Crippen LogP contribution in [0.15, 0.2) is 30.3 Å². The van der Waals surface area contributed by atoms with Gasteiger partial charge in [0.1, 0.15) is 17.5 Å². The molecule has 1 aromatic heterocycles. The minimum Gasteiger partial charge on any atom is -0.481 e. The molecular formula is C29H36N4O9. The van der Waals surface area contributed by atoms with E-state index in [2.05, 4.69) is 10.3 Å². The summed E-state index contributed by atoms with van der Waals surface area (Å²) in [6.45, 7) is 4.78. The maximum absolute atomic E-state index is 13.5. The van der Waals surface area contributed by atoms with Gasteiger partial charge in [0, 0.05) is 44.1 Å². The van der Waals surface area contributed by atoms with Gasteiger partial charge in [-0.2, -0.15) is 0 Å². The van der Waals surface area contributed by atoms with Gasteiger partial charge in [0.05, 0.1) is 18.7 Å². The summed E-state index contributed by atoms with van der Waals surface area (Å²) in [6, 6.07) is 7.29. The van der Waals surface area contributed by atoms with Crippen LogP contribution >= 0.6 is 0 Å². The summed E-state index contributed by atoms with van der Waals surface area (Å²) in [5.74, 6) is -2.45. The van der Waals surface area contributed by atoms with Gasteiger partial charge in [-0.1, -0.05) is 12.1 Å². The number of carbonyl (C=O) groups is 5. The highest BCUT2D eigenvalue weighted by Crippen LogP contribution is 2.40. The fraction of sp³-hybridized carbons (Fsp3) is 0.517. The minimum absolute atomic E-state index is 0.0534. The molecular weight excluding hydrogens is 548 g/mol. The van der Waals surface area contributed by atoms with E-state index in [-0.39, 0.29) is 63.7 Å². The monoisotopic (exact) mass is 584 g/mol. The number of carboxylic acids is 1. The highest BCUT2D eigenvalue weighted by Gasteiger charge is 2.48. The lowest BCUT2D eigenvalue weighted by molar-refractivity contribution is -0.169. The first-order valence-electron chi connectivity index (χ1n) is 14.2. The number of carbonyl (C=O) groups excluding carboxylic acids is 4. The number of hydrogen-bond donors (Lipinski definition) is 2. The second kappa shape index (κ2) is 13.5. The SMILES string of the molecule is CCOC(=O)N1CCN(C(=O)C(CCC(=O)O)NC(=O)c2cc(OC3(C(=O)OCC)CCC3)c3ccccc3n2)CC1. The highest BCUT2D eigenvalue weighted by atomic mass is 16.6. The Morgan fingerprint density at radius 3 is 2.29 bits per heavy atom. The molecule has 1 aliphatic carbocycles. The van der Waals surface area contributed by atoms with Gasteiger partial charge >= 0.3 is 18.0 Å². The fourth-order valence-corrected chi connectivity index (χ4v) is 4.97. The third-order valence-corrected chi connectivity index (χ3v) is 7.39. The molecule has 0 radical (unpaired) electrons. The van der Waals surface area contributed by atoms with Crippen LogP contribution in [0.25, 0.3) is 10.9 Å². The number of fused-ring (bicyclic) bond motifs is 1. The quantitative estimate of drug-likeness (QED) is 0.375. The molecule has 1 aliphatic heterocycles. The molecule has 0 bridgehead atoms. The number of ether oxygens (including phenoxy) is 3. The predicted octanol–water partition coefficient (Wildman–Crippen LogP) is 2.36. The molecule has 1 atom stereocenters. The molecule has 13 nitrogen and oxygen atoms in total. The van der Waals surface area contributed by atoms with E-state index in [1.54, 1.807) is 38.1 Å². The van der Waals surface area contributed by atoms with Crippen molar-refractivity contribution in [1.29, 1.82) is 0 Å². The van der Waals surface area contributed by atoms with Crippen molar-refractivity contribution in [3.8, 4) is 5.75 Å². The topological polar surface area (TPSA) is 165 Å². The van der Waals surface area contributed by atoms with Crippen LogP contribution in [-0.4, -0.2) is 101 Å². The van der Waals surface area contributed by atoms with Crippen molar-refractivity contribution in [2.45, 2.75) is 57.6 Å². The van der Waals surface area contributed by atoms with E-state index in [4.69, 9.17) is 14.2 Å².